The molecule has 0 saturated heterocycles. The number of rotatable bonds is 5. The molecule has 7 heteroatoms. The Morgan fingerprint density at radius 3 is 2.60 bits per heavy atom. The number of halogens is 2. The van der Waals surface area contributed by atoms with Crippen LogP contribution in [0.1, 0.15) is 13.3 Å². The Hall–Kier alpha value is -2.31. The van der Waals surface area contributed by atoms with Gasteiger partial charge < -0.3 is 10.1 Å². The Morgan fingerprint density at radius 1 is 1.15 bits per heavy atom. The van der Waals surface area contributed by atoms with E-state index < -0.39 is 11.6 Å². The zero-order valence-corrected chi connectivity index (χ0v) is 11.2. The van der Waals surface area contributed by atoms with Crippen LogP contribution in [-0.2, 0) is 0 Å². The van der Waals surface area contributed by atoms with Crippen molar-refractivity contribution >= 4 is 5.95 Å². The van der Waals surface area contributed by atoms with Crippen LogP contribution < -0.4 is 10.1 Å². The lowest BCUT2D eigenvalue weighted by Gasteiger charge is -2.07. The second-order valence-corrected chi connectivity index (χ2v) is 3.99. The lowest BCUT2D eigenvalue weighted by Crippen LogP contribution is -2.06. The summed E-state index contributed by atoms with van der Waals surface area (Å²) < 4.78 is 31.5. The summed E-state index contributed by atoms with van der Waals surface area (Å²) in [4.78, 5) is 12.2. The van der Waals surface area contributed by atoms with E-state index in [9.17, 15) is 8.78 Å². The van der Waals surface area contributed by atoms with Crippen molar-refractivity contribution in [1.29, 1.82) is 0 Å². The van der Waals surface area contributed by atoms with Crippen molar-refractivity contribution in [2.45, 2.75) is 13.3 Å². The topological polar surface area (TPSA) is 59.9 Å². The van der Waals surface area contributed by atoms with Gasteiger partial charge in [0.15, 0.2) is 17.5 Å². The summed E-state index contributed by atoms with van der Waals surface area (Å²) in [5.41, 5.74) is 0.351. The fourth-order valence-corrected chi connectivity index (χ4v) is 1.49. The molecule has 0 atom stereocenters. The first-order valence-electron chi connectivity index (χ1n) is 6.16. The zero-order valence-electron chi connectivity index (χ0n) is 11.2. The normalized spacial score (nSPS) is 10.4. The number of nitrogens with zero attached hydrogens (tertiary/aromatic N) is 3. The van der Waals surface area contributed by atoms with E-state index in [1.165, 1.54) is 6.07 Å². The molecule has 2 rings (SSSR count). The van der Waals surface area contributed by atoms with Crippen molar-refractivity contribution in [2.24, 2.45) is 0 Å². The molecule has 0 spiro atoms. The maximum absolute atomic E-state index is 13.3. The number of benzene rings is 1. The van der Waals surface area contributed by atoms with Gasteiger partial charge in [-0.25, -0.2) is 8.78 Å². The predicted octanol–water partition coefficient (Wildman–Crippen LogP) is 2.65. The first-order chi connectivity index (χ1) is 9.63. The van der Waals surface area contributed by atoms with E-state index in [-0.39, 0.29) is 11.8 Å². The SMILES string of the molecule is CCCOc1nc(NC)nc(-c2ccc(F)c(F)c2)n1. The van der Waals surface area contributed by atoms with E-state index in [1.807, 2.05) is 6.92 Å². The van der Waals surface area contributed by atoms with Gasteiger partial charge in [0.1, 0.15) is 0 Å². The molecule has 0 saturated carbocycles. The van der Waals surface area contributed by atoms with E-state index in [4.69, 9.17) is 4.74 Å². The third-order valence-electron chi connectivity index (χ3n) is 2.45. The lowest BCUT2D eigenvalue weighted by molar-refractivity contribution is 0.292. The molecule has 0 aliphatic heterocycles. The molecule has 0 aliphatic rings. The molecule has 0 radical (unpaired) electrons. The minimum atomic E-state index is -0.954. The Morgan fingerprint density at radius 2 is 1.95 bits per heavy atom. The molecule has 0 amide bonds. The Kier molecular flexibility index (Phi) is 4.39. The van der Waals surface area contributed by atoms with Gasteiger partial charge >= 0.3 is 6.01 Å². The minimum absolute atomic E-state index is 0.144. The van der Waals surface area contributed by atoms with Crippen LogP contribution in [0.25, 0.3) is 11.4 Å². The van der Waals surface area contributed by atoms with Crippen molar-refractivity contribution in [3.05, 3.63) is 29.8 Å². The second kappa shape index (κ2) is 6.23. The molecule has 1 aromatic heterocycles. The van der Waals surface area contributed by atoms with Crippen molar-refractivity contribution < 1.29 is 13.5 Å². The van der Waals surface area contributed by atoms with Crippen LogP contribution in [0.3, 0.4) is 0 Å². The molecule has 5 nitrogen and oxygen atoms in total. The van der Waals surface area contributed by atoms with E-state index in [1.54, 1.807) is 7.05 Å². The molecule has 106 valence electrons. The van der Waals surface area contributed by atoms with Gasteiger partial charge in [-0.15, -0.1) is 0 Å². The molecule has 1 aromatic carbocycles. The van der Waals surface area contributed by atoms with Crippen LogP contribution in [0.15, 0.2) is 18.2 Å². The van der Waals surface area contributed by atoms with Crippen LogP contribution in [-0.4, -0.2) is 28.6 Å². The van der Waals surface area contributed by atoms with E-state index in [2.05, 4.69) is 20.3 Å². The minimum Gasteiger partial charge on any atom is -0.463 e. The third kappa shape index (κ3) is 3.17. The average Bonchev–Trinajstić information content (AvgIpc) is 2.47. The lowest BCUT2D eigenvalue weighted by atomic mass is 10.2. The van der Waals surface area contributed by atoms with E-state index >= 15 is 0 Å². The maximum Gasteiger partial charge on any atom is 0.321 e. The summed E-state index contributed by atoms with van der Waals surface area (Å²) in [5, 5.41) is 2.77. The van der Waals surface area contributed by atoms with Crippen LogP contribution in [0.4, 0.5) is 14.7 Å². The van der Waals surface area contributed by atoms with Crippen LogP contribution in [0, 0.1) is 11.6 Å². The predicted molar refractivity (Wildman–Crippen MR) is 70.5 cm³/mol. The highest BCUT2D eigenvalue weighted by Gasteiger charge is 2.11. The van der Waals surface area contributed by atoms with Gasteiger partial charge in [-0.3, -0.25) is 0 Å². The summed E-state index contributed by atoms with van der Waals surface area (Å²) >= 11 is 0. The fourth-order valence-electron chi connectivity index (χ4n) is 1.49. The van der Waals surface area contributed by atoms with Crippen LogP contribution in [0.5, 0.6) is 6.01 Å². The summed E-state index contributed by atoms with van der Waals surface area (Å²) in [6.45, 7) is 2.42. The van der Waals surface area contributed by atoms with Crippen molar-refractivity contribution in [2.75, 3.05) is 19.0 Å². The highest BCUT2D eigenvalue weighted by atomic mass is 19.2. The average molecular weight is 280 g/mol. The van der Waals surface area contributed by atoms with Gasteiger partial charge in [0.05, 0.1) is 6.61 Å². The molecule has 0 unspecified atom stereocenters. The van der Waals surface area contributed by atoms with Crippen LogP contribution in [0.2, 0.25) is 0 Å². The standard InChI is InChI=1S/C13H14F2N4O/c1-3-6-20-13-18-11(17-12(16-2)19-13)8-4-5-9(14)10(15)7-8/h4-5,7H,3,6H2,1-2H3,(H,16,17,18,19). The highest BCUT2D eigenvalue weighted by molar-refractivity contribution is 5.56. The van der Waals surface area contributed by atoms with Crippen molar-refractivity contribution in [3.8, 4) is 17.4 Å². The largest absolute Gasteiger partial charge is 0.463 e. The first kappa shape index (κ1) is 14.1. The number of hydrogen-bond acceptors (Lipinski definition) is 5. The van der Waals surface area contributed by atoms with Gasteiger partial charge in [0.25, 0.3) is 0 Å². The Bertz CT molecular complexity index is 607. The smallest absolute Gasteiger partial charge is 0.321 e. The molecule has 20 heavy (non-hydrogen) atoms. The number of ether oxygens (including phenoxy) is 1. The van der Waals surface area contributed by atoms with Gasteiger partial charge in [-0.05, 0) is 24.6 Å². The van der Waals surface area contributed by atoms with Crippen molar-refractivity contribution in [1.82, 2.24) is 15.0 Å². The highest BCUT2D eigenvalue weighted by Crippen LogP contribution is 2.20. The summed E-state index contributed by atoms with van der Waals surface area (Å²) in [6.07, 6.45) is 0.807. The zero-order chi connectivity index (χ0) is 14.5. The van der Waals surface area contributed by atoms with Gasteiger partial charge in [0, 0.05) is 12.6 Å². The summed E-state index contributed by atoms with van der Waals surface area (Å²) in [7, 11) is 1.65. The molecular formula is C13H14F2N4O. The Balaban J connectivity index is 2.41. The second-order valence-electron chi connectivity index (χ2n) is 3.99. The maximum atomic E-state index is 13.3. The fraction of sp³-hybridized carbons (Fsp3) is 0.308. The van der Waals surface area contributed by atoms with E-state index in [0.717, 1.165) is 18.6 Å². The Labute approximate surface area is 115 Å². The molecule has 0 bridgehead atoms. The molecular weight excluding hydrogens is 266 g/mol. The summed E-state index contributed by atoms with van der Waals surface area (Å²) in [6, 6.07) is 3.61. The molecule has 1 N–H and O–H groups in total. The molecule has 2 aromatic rings. The molecule has 1 heterocycles. The number of hydrogen-bond donors (Lipinski definition) is 1. The number of nitrogens with one attached hydrogen (secondary N) is 1. The van der Waals surface area contributed by atoms with Gasteiger partial charge in [-0.2, -0.15) is 15.0 Å². The van der Waals surface area contributed by atoms with Gasteiger partial charge in [-0.1, -0.05) is 6.92 Å². The quantitative estimate of drug-likeness (QED) is 0.912. The first-order valence-corrected chi connectivity index (χ1v) is 6.16. The monoisotopic (exact) mass is 280 g/mol. The van der Waals surface area contributed by atoms with Gasteiger partial charge in [0.2, 0.25) is 5.95 Å². The third-order valence-corrected chi connectivity index (χ3v) is 2.45. The number of anilines is 1. The number of aromatic nitrogens is 3. The molecule has 0 aliphatic carbocycles. The summed E-state index contributed by atoms with van der Waals surface area (Å²) in [5.74, 6) is -1.36. The van der Waals surface area contributed by atoms with Crippen molar-refractivity contribution in [3.63, 3.8) is 0 Å². The van der Waals surface area contributed by atoms with E-state index in [0.29, 0.717) is 18.1 Å². The molecule has 0 fully saturated rings. The van der Waals surface area contributed by atoms with Crippen LogP contribution >= 0.6 is 0 Å².